The lowest BCUT2D eigenvalue weighted by molar-refractivity contribution is 0.102. The van der Waals surface area contributed by atoms with E-state index in [1.165, 1.54) is 25.5 Å². The van der Waals surface area contributed by atoms with Gasteiger partial charge in [-0.2, -0.15) is 0 Å². The standard InChI is InChI=1S/C21H26FN3O4S/c1-2-24-30(27,28)16-10-11-18(22)17(13-16)21(26)25-20-19(9-6-12-23-20)29-14-15-7-4-3-5-8-15/h6,9-13,15,24H,2-5,7-8,14H2,1H3,(H,23,25,26). The van der Waals surface area contributed by atoms with Crippen molar-refractivity contribution in [3.8, 4) is 5.75 Å². The lowest BCUT2D eigenvalue weighted by Crippen LogP contribution is -2.24. The van der Waals surface area contributed by atoms with Crippen molar-refractivity contribution >= 4 is 21.7 Å². The Morgan fingerprint density at radius 3 is 2.73 bits per heavy atom. The van der Waals surface area contributed by atoms with E-state index < -0.39 is 27.3 Å². The summed E-state index contributed by atoms with van der Waals surface area (Å²) >= 11 is 0. The van der Waals surface area contributed by atoms with E-state index in [1.54, 1.807) is 19.1 Å². The molecule has 0 radical (unpaired) electrons. The molecule has 0 unspecified atom stereocenters. The lowest BCUT2D eigenvalue weighted by Gasteiger charge is -2.22. The van der Waals surface area contributed by atoms with Crippen molar-refractivity contribution in [2.75, 3.05) is 18.5 Å². The van der Waals surface area contributed by atoms with Crippen LogP contribution in [0.5, 0.6) is 5.75 Å². The number of rotatable bonds is 8. The van der Waals surface area contributed by atoms with Crippen molar-refractivity contribution in [2.24, 2.45) is 5.92 Å². The van der Waals surface area contributed by atoms with Crippen LogP contribution in [0.25, 0.3) is 0 Å². The molecule has 0 bridgehead atoms. The second kappa shape index (κ2) is 9.99. The van der Waals surface area contributed by atoms with Crippen LogP contribution in [-0.2, 0) is 10.0 Å². The van der Waals surface area contributed by atoms with Gasteiger partial charge in [0.05, 0.1) is 17.1 Å². The number of hydrogen-bond acceptors (Lipinski definition) is 5. The number of pyridine rings is 1. The third-order valence-electron chi connectivity index (χ3n) is 5.03. The highest BCUT2D eigenvalue weighted by Gasteiger charge is 2.21. The topological polar surface area (TPSA) is 97.4 Å². The monoisotopic (exact) mass is 435 g/mol. The van der Waals surface area contributed by atoms with Gasteiger partial charge in [0, 0.05) is 12.7 Å². The molecular formula is C21H26FN3O4S. The van der Waals surface area contributed by atoms with Crippen molar-refractivity contribution in [1.82, 2.24) is 9.71 Å². The summed E-state index contributed by atoms with van der Waals surface area (Å²) in [7, 11) is -3.82. The van der Waals surface area contributed by atoms with Crippen LogP contribution in [0.1, 0.15) is 49.4 Å². The van der Waals surface area contributed by atoms with E-state index in [1.807, 2.05) is 0 Å². The molecule has 2 N–H and O–H groups in total. The molecule has 0 spiro atoms. The molecule has 1 aromatic carbocycles. The summed E-state index contributed by atoms with van der Waals surface area (Å²) in [6.07, 6.45) is 7.34. The second-order valence-corrected chi connectivity index (χ2v) is 9.03. The number of sulfonamides is 1. The Labute approximate surface area is 176 Å². The van der Waals surface area contributed by atoms with E-state index in [-0.39, 0.29) is 17.3 Å². The highest BCUT2D eigenvalue weighted by molar-refractivity contribution is 7.89. The van der Waals surface area contributed by atoms with Crippen molar-refractivity contribution in [1.29, 1.82) is 0 Å². The number of ether oxygens (including phenoxy) is 1. The third-order valence-corrected chi connectivity index (χ3v) is 6.57. The molecule has 1 amide bonds. The zero-order valence-corrected chi connectivity index (χ0v) is 17.7. The number of hydrogen-bond donors (Lipinski definition) is 2. The third kappa shape index (κ3) is 5.54. The van der Waals surface area contributed by atoms with Gasteiger partial charge in [-0.25, -0.2) is 22.5 Å². The Bertz CT molecular complexity index is 991. The predicted molar refractivity (Wildman–Crippen MR) is 112 cm³/mol. The number of halogens is 1. The molecule has 2 aromatic rings. The molecule has 30 heavy (non-hydrogen) atoms. The summed E-state index contributed by atoms with van der Waals surface area (Å²) < 4.78 is 46.8. The predicted octanol–water partition coefficient (Wildman–Crippen LogP) is 3.73. The van der Waals surface area contributed by atoms with E-state index in [0.717, 1.165) is 31.0 Å². The summed E-state index contributed by atoms with van der Waals surface area (Å²) in [5.74, 6) is -0.607. The molecule has 0 atom stereocenters. The molecule has 1 fully saturated rings. The Balaban J connectivity index is 1.76. The summed E-state index contributed by atoms with van der Waals surface area (Å²) in [5.41, 5.74) is -0.391. The second-order valence-electron chi connectivity index (χ2n) is 7.26. The van der Waals surface area contributed by atoms with Crippen LogP contribution in [-0.4, -0.2) is 32.5 Å². The van der Waals surface area contributed by atoms with Crippen LogP contribution in [0.3, 0.4) is 0 Å². The number of carbonyl (C=O) groups is 1. The van der Waals surface area contributed by atoms with Gasteiger partial charge in [0.2, 0.25) is 10.0 Å². The van der Waals surface area contributed by atoms with Crippen LogP contribution < -0.4 is 14.8 Å². The van der Waals surface area contributed by atoms with Gasteiger partial charge in [0.25, 0.3) is 5.91 Å². The van der Waals surface area contributed by atoms with Crippen molar-refractivity contribution in [3.63, 3.8) is 0 Å². The Morgan fingerprint density at radius 2 is 2.00 bits per heavy atom. The lowest BCUT2D eigenvalue weighted by atomic mass is 9.90. The largest absolute Gasteiger partial charge is 0.489 e. The molecule has 1 aliphatic carbocycles. The molecule has 3 rings (SSSR count). The van der Waals surface area contributed by atoms with Crippen LogP contribution in [0, 0.1) is 11.7 Å². The minimum atomic E-state index is -3.82. The molecular weight excluding hydrogens is 409 g/mol. The van der Waals surface area contributed by atoms with Gasteiger partial charge >= 0.3 is 0 Å². The molecule has 1 saturated carbocycles. The zero-order chi connectivity index (χ0) is 21.6. The first-order chi connectivity index (χ1) is 14.4. The molecule has 1 heterocycles. The summed E-state index contributed by atoms with van der Waals surface area (Å²) in [6.45, 7) is 2.33. The highest BCUT2D eigenvalue weighted by Crippen LogP contribution is 2.27. The summed E-state index contributed by atoms with van der Waals surface area (Å²) in [4.78, 5) is 16.6. The smallest absolute Gasteiger partial charge is 0.259 e. The number of anilines is 1. The molecule has 1 aliphatic rings. The Kier molecular flexibility index (Phi) is 7.38. The fourth-order valence-corrected chi connectivity index (χ4v) is 4.52. The van der Waals surface area contributed by atoms with E-state index in [0.29, 0.717) is 18.3 Å². The van der Waals surface area contributed by atoms with Gasteiger partial charge in [-0.05, 0) is 49.1 Å². The first kappa shape index (κ1) is 22.2. The number of benzene rings is 1. The number of nitrogens with one attached hydrogen (secondary N) is 2. The van der Waals surface area contributed by atoms with Crippen LogP contribution >= 0.6 is 0 Å². The fourth-order valence-electron chi connectivity index (χ4n) is 3.46. The van der Waals surface area contributed by atoms with E-state index in [9.17, 15) is 17.6 Å². The van der Waals surface area contributed by atoms with Crippen molar-refractivity contribution in [2.45, 2.75) is 43.9 Å². The molecule has 9 heteroatoms. The van der Waals surface area contributed by atoms with Crippen LogP contribution in [0.2, 0.25) is 0 Å². The minimum Gasteiger partial charge on any atom is -0.489 e. The first-order valence-electron chi connectivity index (χ1n) is 10.1. The maximum absolute atomic E-state index is 14.3. The van der Waals surface area contributed by atoms with Gasteiger partial charge in [-0.15, -0.1) is 0 Å². The van der Waals surface area contributed by atoms with E-state index in [4.69, 9.17) is 4.74 Å². The van der Waals surface area contributed by atoms with Gasteiger partial charge in [-0.3, -0.25) is 4.79 Å². The van der Waals surface area contributed by atoms with Gasteiger partial charge in [0.1, 0.15) is 5.82 Å². The average molecular weight is 436 g/mol. The summed E-state index contributed by atoms with van der Waals surface area (Å²) in [5, 5.41) is 2.54. The Morgan fingerprint density at radius 1 is 1.23 bits per heavy atom. The molecule has 0 aliphatic heterocycles. The summed E-state index contributed by atoms with van der Waals surface area (Å²) in [6, 6.07) is 6.46. The molecule has 1 aromatic heterocycles. The number of aromatic nitrogens is 1. The SMILES string of the molecule is CCNS(=O)(=O)c1ccc(F)c(C(=O)Nc2ncccc2OCC2CCCCC2)c1. The normalized spacial score (nSPS) is 15.0. The molecule has 7 nitrogen and oxygen atoms in total. The maximum Gasteiger partial charge on any atom is 0.259 e. The quantitative estimate of drug-likeness (QED) is 0.659. The fraction of sp³-hybridized carbons (Fsp3) is 0.429. The highest BCUT2D eigenvalue weighted by atomic mass is 32.2. The number of amides is 1. The molecule has 0 saturated heterocycles. The van der Waals surface area contributed by atoms with Crippen molar-refractivity contribution in [3.05, 3.63) is 47.9 Å². The van der Waals surface area contributed by atoms with Crippen molar-refractivity contribution < 1.29 is 22.3 Å². The van der Waals surface area contributed by atoms with E-state index in [2.05, 4.69) is 15.0 Å². The van der Waals surface area contributed by atoms with Crippen LogP contribution in [0.4, 0.5) is 10.2 Å². The van der Waals surface area contributed by atoms with Gasteiger partial charge in [0.15, 0.2) is 11.6 Å². The van der Waals surface area contributed by atoms with E-state index >= 15 is 0 Å². The maximum atomic E-state index is 14.3. The Hall–Kier alpha value is -2.52. The average Bonchev–Trinajstić information content (AvgIpc) is 2.74. The minimum absolute atomic E-state index is 0.164. The molecule has 162 valence electrons. The van der Waals surface area contributed by atoms with Gasteiger partial charge in [-0.1, -0.05) is 26.2 Å². The zero-order valence-electron chi connectivity index (χ0n) is 16.9. The van der Waals surface area contributed by atoms with Crippen LogP contribution in [0.15, 0.2) is 41.4 Å². The van der Waals surface area contributed by atoms with Gasteiger partial charge < -0.3 is 10.1 Å². The number of nitrogens with zero attached hydrogens (tertiary/aromatic N) is 1. The first-order valence-corrected chi connectivity index (χ1v) is 11.6. The number of carbonyl (C=O) groups excluding carboxylic acids is 1.